The van der Waals surface area contributed by atoms with Gasteiger partial charge < -0.3 is 0 Å². The topological polar surface area (TPSA) is 12.4 Å². The Morgan fingerprint density at radius 3 is 2.75 bits per heavy atom. The molecule has 1 atom stereocenters. The maximum Gasteiger partial charge on any atom is 0.0626 e. The number of hydrogen-bond acceptors (Lipinski definition) is 2. The van der Waals surface area contributed by atoms with Crippen LogP contribution < -0.4 is 0 Å². The first kappa shape index (κ1) is 8.76. The maximum absolute atomic E-state index is 4.37. The third-order valence-corrected chi connectivity index (χ3v) is 2.91. The van der Waals surface area contributed by atoms with E-state index in [1.54, 1.807) is 0 Å². The standard InChI is InChI=1S/C4H5Br2NS/c5-1-4(6)2-7-3-8/h4H,1-2H2/t4-/m0/s1. The molecule has 0 saturated heterocycles. The van der Waals surface area contributed by atoms with Gasteiger partial charge in [0.1, 0.15) is 0 Å². The summed E-state index contributed by atoms with van der Waals surface area (Å²) >= 11 is 11.0. The minimum absolute atomic E-state index is 0.387. The summed E-state index contributed by atoms with van der Waals surface area (Å²) in [4.78, 5) is 4.12. The van der Waals surface area contributed by atoms with E-state index in [1.807, 2.05) is 0 Å². The van der Waals surface area contributed by atoms with E-state index in [-0.39, 0.29) is 0 Å². The molecule has 0 unspecified atom stereocenters. The van der Waals surface area contributed by atoms with Crippen molar-refractivity contribution < 1.29 is 0 Å². The van der Waals surface area contributed by atoms with Crippen molar-refractivity contribution in [3.63, 3.8) is 0 Å². The molecule has 8 heavy (non-hydrogen) atoms. The minimum Gasteiger partial charge on any atom is -0.231 e. The van der Waals surface area contributed by atoms with E-state index < -0.39 is 0 Å². The quantitative estimate of drug-likeness (QED) is 0.430. The summed E-state index contributed by atoms with van der Waals surface area (Å²) < 4.78 is 0. The van der Waals surface area contributed by atoms with Crippen LogP contribution in [0.4, 0.5) is 0 Å². The normalized spacial score (nSPS) is 12.2. The van der Waals surface area contributed by atoms with Crippen molar-refractivity contribution in [1.82, 2.24) is 0 Å². The molecule has 0 aliphatic carbocycles. The highest BCUT2D eigenvalue weighted by molar-refractivity contribution is 9.12. The molecule has 0 aliphatic heterocycles. The molecular weight excluding hydrogens is 254 g/mol. The Morgan fingerprint density at radius 2 is 2.38 bits per heavy atom. The second-order valence-corrected chi connectivity index (χ2v) is 3.31. The van der Waals surface area contributed by atoms with Crippen molar-refractivity contribution in [2.24, 2.45) is 4.99 Å². The summed E-state index contributed by atoms with van der Waals surface area (Å²) in [6, 6.07) is 0. The van der Waals surface area contributed by atoms with Crippen molar-refractivity contribution in [3.05, 3.63) is 0 Å². The number of rotatable bonds is 3. The molecule has 0 radical (unpaired) electrons. The molecule has 46 valence electrons. The third-order valence-electron chi connectivity index (χ3n) is 0.521. The average Bonchev–Trinajstić information content (AvgIpc) is 1.83. The van der Waals surface area contributed by atoms with Crippen LogP contribution in [0.5, 0.6) is 0 Å². The van der Waals surface area contributed by atoms with Gasteiger partial charge in [0, 0.05) is 10.2 Å². The summed E-state index contributed by atoms with van der Waals surface area (Å²) in [7, 11) is 0. The number of thiocarbonyl (C=S) groups is 1. The largest absolute Gasteiger partial charge is 0.231 e. The molecule has 1 nitrogen and oxygen atoms in total. The van der Waals surface area contributed by atoms with E-state index in [0.29, 0.717) is 11.4 Å². The second-order valence-electron chi connectivity index (χ2n) is 1.18. The number of nitrogens with zero attached hydrogens (tertiary/aromatic N) is 1. The zero-order valence-electron chi connectivity index (χ0n) is 4.10. The molecule has 0 fully saturated rings. The molecule has 0 aromatic carbocycles. The van der Waals surface area contributed by atoms with Gasteiger partial charge in [-0.1, -0.05) is 31.9 Å². The summed E-state index contributed by atoms with van der Waals surface area (Å²) in [5.41, 5.74) is 0. The Morgan fingerprint density at radius 1 is 1.75 bits per heavy atom. The number of hydrogen-bond donors (Lipinski definition) is 0. The van der Waals surface area contributed by atoms with E-state index in [0.717, 1.165) is 5.33 Å². The molecule has 0 aromatic rings. The number of halogens is 2. The van der Waals surface area contributed by atoms with E-state index >= 15 is 0 Å². The number of alkyl halides is 2. The van der Waals surface area contributed by atoms with Gasteiger partial charge in [-0.05, 0) is 12.2 Å². The fourth-order valence-electron chi connectivity index (χ4n) is 0.185. The predicted octanol–water partition coefficient (Wildman–Crippen LogP) is 2.25. The number of isothiocyanates is 1. The fourth-order valence-corrected chi connectivity index (χ4v) is 0.609. The van der Waals surface area contributed by atoms with Gasteiger partial charge in [0.2, 0.25) is 0 Å². The van der Waals surface area contributed by atoms with Crippen molar-refractivity contribution in [2.75, 3.05) is 11.9 Å². The Hall–Kier alpha value is 0.760. The number of aliphatic imine (C=N–C) groups is 1. The van der Waals surface area contributed by atoms with Crippen LogP contribution in [-0.2, 0) is 0 Å². The Labute approximate surface area is 70.8 Å². The van der Waals surface area contributed by atoms with Gasteiger partial charge in [0.25, 0.3) is 0 Å². The zero-order valence-corrected chi connectivity index (χ0v) is 8.09. The summed E-state index contributed by atoms with van der Waals surface area (Å²) in [6.45, 7) is 0.703. The lowest BCUT2D eigenvalue weighted by molar-refractivity contribution is 0.992. The van der Waals surface area contributed by atoms with Gasteiger partial charge in [-0.25, -0.2) is 4.99 Å². The van der Waals surface area contributed by atoms with Crippen molar-refractivity contribution in [1.29, 1.82) is 0 Å². The molecular formula is C4H5Br2NS. The summed E-state index contributed by atoms with van der Waals surface area (Å²) in [5, 5.41) is 3.19. The highest BCUT2D eigenvalue weighted by Gasteiger charge is 1.96. The SMILES string of the molecule is S=C=NC[C@@H](Br)CBr. The van der Waals surface area contributed by atoms with Crippen molar-refractivity contribution >= 4 is 49.2 Å². The molecule has 0 saturated carbocycles. The van der Waals surface area contributed by atoms with Crippen LogP contribution in [0.2, 0.25) is 0 Å². The fraction of sp³-hybridized carbons (Fsp3) is 0.750. The minimum atomic E-state index is 0.387. The van der Waals surface area contributed by atoms with E-state index in [4.69, 9.17) is 0 Å². The molecule has 0 aromatic heterocycles. The first-order valence-electron chi connectivity index (χ1n) is 2.05. The van der Waals surface area contributed by atoms with E-state index in [2.05, 4.69) is 54.2 Å². The van der Waals surface area contributed by atoms with Gasteiger partial charge in [0.15, 0.2) is 0 Å². The lowest BCUT2D eigenvalue weighted by Crippen LogP contribution is -2.02. The molecule has 0 N–H and O–H groups in total. The van der Waals surface area contributed by atoms with Crippen molar-refractivity contribution in [2.45, 2.75) is 4.83 Å². The highest BCUT2D eigenvalue weighted by Crippen LogP contribution is 2.02. The van der Waals surface area contributed by atoms with Crippen LogP contribution in [0, 0.1) is 0 Å². The molecule has 0 aliphatic rings. The molecule has 0 rings (SSSR count). The average molecular weight is 259 g/mol. The lowest BCUT2D eigenvalue weighted by atomic mass is 10.5. The molecule has 0 bridgehead atoms. The van der Waals surface area contributed by atoms with Gasteiger partial charge in [-0.3, -0.25) is 0 Å². The maximum atomic E-state index is 4.37. The first-order valence-corrected chi connectivity index (χ1v) is 4.49. The first-order chi connectivity index (χ1) is 3.81. The van der Waals surface area contributed by atoms with Gasteiger partial charge >= 0.3 is 0 Å². The van der Waals surface area contributed by atoms with Crippen LogP contribution >= 0.6 is 44.1 Å². The Kier molecular flexibility index (Phi) is 6.45. The molecule has 0 amide bonds. The zero-order chi connectivity index (χ0) is 6.41. The Balaban J connectivity index is 3.23. The van der Waals surface area contributed by atoms with Crippen LogP contribution in [0.1, 0.15) is 0 Å². The van der Waals surface area contributed by atoms with Crippen molar-refractivity contribution in [3.8, 4) is 0 Å². The van der Waals surface area contributed by atoms with Crippen LogP contribution in [0.15, 0.2) is 4.99 Å². The van der Waals surface area contributed by atoms with Crippen LogP contribution in [0.25, 0.3) is 0 Å². The summed E-state index contributed by atoms with van der Waals surface area (Å²) in [5.74, 6) is 0. The third kappa shape index (κ3) is 4.91. The lowest BCUT2D eigenvalue weighted by Gasteiger charge is -1.95. The molecule has 0 heterocycles. The Bertz CT molecular complexity index is 100. The summed E-state index contributed by atoms with van der Waals surface area (Å²) in [6.07, 6.45) is 0. The molecule has 0 spiro atoms. The molecule has 4 heteroatoms. The van der Waals surface area contributed by atoms with Crippen LogP contribution in [0.3, 0.4) is 0 Å². The monoisotopic (exact) mass is 257 g/mol. The smallest absolute Gasteiger partial charge is 0.0626 e. The van der Waals surface area contributed by atoms with E-state index in [9.17, 15) is 0 Å². The van der Waals surface area contributed by atoms with Gasteiger partial charge in [-0.15, -0.1) is 0 Å². The predicted molar refractivity (Wildman–Crippen MR) is 46.4 cm³/mol. The van der Waals surface area contributed by atoms with E-state index in [1.165, 1.54) is 0 Å². The van der Waals surface area contributed by atoms with Crippen LogP contribution in [-0.4, -0.2) is 21.9 Å². The van der Waals surface area contributed by atoms with Gasteiger partial charge in [-0.2, -0.15) is 0 Å². The highest BCUT2D eigenvalue weighted by atomic mass is 79.9. The van der Waals surface area contributed by atoms with Gasteiger partial charge in [0.05, 0.1) is 11.7 Å². The second kappa shape index (κ2) is 5.89.